The van der Waals surface area contributed by atoms with Crippen molar-refractivity contribution in [1.82, 2.24) is 4.90 Å². The number of benzene rings is 1. The molecular weight excluding hydrogens is 210 g/mol. The molecule has 0 spiro atoms. The maximum absolute atomic E-state index is 10.0. The fourth-order valence-electron chi connectivity index (χ4n) is 2.85. The number of aryl methyl sites for hydroxylation is 1. The zero-order chi connectivity index (χ0) is 12.4. The molecular formula is C15H23NO. The van der Waals surface area contributed by atoms with E-state index in [-0.39, 0.29) is 0 Å². The van der Waals surface area contributed by atoms with Gasteiger partial charge in [-0.15, -0.1) is 0 Å². The van der Waals surface area contributed by atoms with Crippen LogP contribution in [0.2, 0.25) is 0 Å². The summed E-state index contributed by atoms with van der Waals surface area (Å²) in [4.78, 5) is 2.41. The van der Waals surface area contributed by atoms with Gasteiger partial charge in [0.2, 0.25) is 0 Å². The van der Waals surface area contributed by atoms with Gasteiger partial charge in [-0.25, -0.2) is 0 Å². The summed E-state index contributed by atoms with van der Waals surface area (Å²) in [5, 5.41) is 10.0. The summed E-state index contributed by atoms with van der Waals surface area (Å²) >= 11 is 0. The number of hydrogen-bond acceptors (Lipinski definition) is 2. The normalized spacial score (nSPS) is 18.8. The molecule has 1 aliphatic rings. The van der Waals surface area contributed by atoms with Crippen LogP contribution in [0, 0.1) is 6.92 Å². The SMILES string of the molecule is Cc1ccc(C(C)N(C)C2CCCC2)c(O)c1. The molecule has 1 aliphatic carbocycles. The molecule has 1 fully saturated rings. The van der Waals surface area contributed by atoms with E-state index in [0.29, 0.717) is 17.8 Å². The van der Waals surface area contributed by atoms with Crippen molar-refractivity contribution in [2.24, 2.45) is 0 Å². The van der Waals surface area contributed by atoms with Crippen molar-refractivity contribution >= 4 is 0 Å². The lowest BCUT2D eigenvalue weighted by Gasteiger charge is -2.31. The highest BCUT2D eigenvalue weighted by Gasteiger charge is 2.25. The van der Waals surface area contributed by atoms with Crippen LogP contribution in [-0.4, -0.2) is 23.1 Å². The van der Waals surface area contributed by atoms with E-state index in [1.165, 1.54) is 25.7 Å². The minimum Gasteiger partial charge on any atom is -0.508 e. The topological polar surface area (TPSA) is 23.5 Å². The van der Waals surface area contributed by atoms with Gasteiger partial charge in [-0.1, -0.05) is 25.0 Å². The van der Waals surface area contributed by atoms with Gasteiger partial charge >= 0.3 is 0 Å². The maximum Gasteiger partial charge on any atom is 0.120 e. The lowest BCUT2D eigenvalue weighted by molar-refractivity contribution is 0.185. The smallest absolute Gasteiger partial charge is 0.120 e. The molecule has 17 heavy (non-hydrogen) atoms. The lowest BCUT2D eigenvalue weighted by Crippen LogP contribution is -2.31. The van der Waals surface area contributed by atoms with Crippen molar-refractivity contribution in [3.63, 3.8) is 0 Å². The Morgan fingerprint density at radius 1 is 1.29 bits per heavy atom. The Kier molecular flexibility index (Phi) is 3.72. The summed E-state index contributed by atoms with van der Waals surface area (Å²) in [6.07, 6.45) is 5.30. The highest BCUT2D eigenvalue weighted by Crippen LogP contribution is 2.33. The van der Waals surface area contributed by atoms with E-state index in [1.807, 2.05) is 13.0 Å². The van der Waals surface area contributed by atoms with Crippen LogP contribution in [-0.2, 0) is 0 Å². The predicted octanol–water partition coefficient (Wildman–Crippen LogP) is 3.64. The molecule has 1 saturated carbocycles. The maximum atomic E-state index is 10.0. The van der Waals surface area contributed by atoms with E-state index < -0.39 is 0 Å². The molecule has 1 aromatic rings. The minimum absolute atomic E-state index is 0.290. The Bertz CT molecular complexity index is 383. The van der Waals surface area contributed by atoms with Crippen LogP contribution in [0.25, 0.3) is 0 Å². The fraction of sp³-hybridized carbons (Fsp3) is 0.600. The van der Waals surface area contributed by atoms with Gasteiger partial charge in [-0.3, -0.25) is 4.90 Å². The number of phenols is 1. The van der Waals surface area contributed by atoms with Gasteiger partial charge in [0.25, 0.3) is 0 Å². The highest BCUT2D eigenvalue weighted by molar-refractivity contribution is 5.37. The van der Waals surface area contributed by atoms with E-state index in [4.69, 9.17) is 0 Å². The van der Waals surface area contributed by atoms with Crippen molar-refractivity contribution in [3.8, 4) is 5.75 Å². The summed E-state index contributed by atoms with van der Waals surface area (Å²) in [5.74, 6) is 0.433. The van der Waals surface area contributed by atoms with Gasteiger partial charge in [-0.05, 0) is 45.4 Å². The van der Waals surface area contributed by atoms with Crippen molar-refractivity contribution in [1.29, 1.82) is 0 Å². The monoisotopic (exact) mass is 233 g/mol. The van der Waals surface area contributed by atoms with Gasteiger partial charge < -0.3 is 5.11 Å². The summed E-state index contributed by atoms with van der Waals surface area (Å²) in [7, 11) is 2.18. The fourth-order valence-corrected chi connectivity index (χ4v) is 2.85. The number of hydrogen-bond donors (Lipinski definition) is 1. The summed E-state index contributed by atoms with van der Waals surface area (Å²) in [6, 6.07) is 6.97. The number of nitrogens with zero attached hydrogens (tertiary/aromatic N) is 1. The Hall–Kier alpha value is -1.02. The predicted molar refractivity (Wildman–Crippen MR) is 71.3 cm³/mol. The van der Waals surface area contributed by atoms with Gasteiger partial charge in [0, 0.05) is 17.6 Å². The molecule has 0 heterocycles. The third-order valence-corrected chi connectivity index (χ3v) is 4.15. The summed E-state index contributed by atoms with van der Waals surface area (Å²) in [5.41, 5.74) is 2.16. The first-order chi connectivity index (χ1) is 8.09. The van der Waals surface area contributed by atoms with E-state index in [0.717, 1.165) is 11.1 Å². The second-order valence-electron chi connectivity index (χ2n) is 5.34. The first-order valence-corrected chi connectivity index (χ1v) is 6.61. The van der Waals surface area contributed by atoms with E-state index in [2.05, 4.69) is 31.0 Å². The van der Waals surface area contributed by atoms with Gasteiger partial charge in [0.05, 0.1) is 0 Å². The zero-order valence-corrected chi connectivity index (χ0v) is 11.1. The average Bonchev–Trinajstić information content (AvgIpc) is 2.80. The molecule has 0 saturated heterocycles. The van der Waals surface area contributed by atoms with Crippen LogP contribution in [0.5, 0.6) is 5.75 Å². The largest absolute Gasteiger partial charge is 0.508 e. The molecule has 0 radical (unpaired) electrons. The number of aromatic hydroxyl groups is 1. The van der Waals surface area contributed by atoms with Crippen LogP contribution in [0.3, 0.4) is 0 Å². The molecule has 0 aliphatic heterocycles. The molecule has 1 N–H and O–H groups in total. The Morgan fingerprint density at radius 3 is 2.53 bits per heavy atom. The van der Waals surface area contributed by atoms with Crippen LogP contribution in [0.15, 0.2) is 18.2 Å². The molecule has 1 unspecified atom stereocenters. The molecule has 0 bridgehead atoms. The van der Waals surface area contributed by atoms with E-state index >= 15 is 0 Å². The Morgan fingerprint density at radius 2 is 1.94 bits per heavy atom. The second-order valence-corrected chi connectivity index (χ2v) is 5.34. The van der Waals surface area contributed by atoms with Gasteiger partial charge in [0.15, 0.2) is 0 Å². The van der Waals surface area contributed by atoms with Gasteiger partial charge in [0.1, 0.15) is 5.75 Å². The van der Waals surface area contributed by atoms with Crippen molar-refractivity contribution in [2.75, 3.05) is 7.05 Å². The molecule has 2 rings (SSSR count). The zero-order valence-electron chi connectivity index (χ0n) is 11.1. The molecule has 1 aromatic carbocycles. The summed E-state index contributed by atoms with van der Waals surface area (Å²) in [6.45, 7) is 4.19. The van der Waals surface area contributed by atoms with Crippen LogP contribution < -0.4 is 0 Å². The minimum atomic E-state index is 0.290. The standard InChI is InChI=1S/C15H23NO/c1-11-8-9-14(15(17)10-11)12(2)16(3)13-6-4-5-7-13/h8-10,12-13,17H,4-7H2,1-3H3. The molecule has 1 atom stereocenters. The van der Waals surface area contributed by atoms with E-state index in [1.54, 1.807) is 0 Å². The first-order valence-electron chi connectivity index (χ1n) is 6.61. The highest BCUT2D eigenvalue weighted by atomic mass is 16.3. The molecule has 2 heteroatoms. The van der Waals surface area contributed by atoms with Gasteiger partial charge in [-0.2, -0.15) is 0 Å². The quantitative estimate of drug-likeness (QED) is 0.861. The Labute approximate surface area is 104 Å². The molecule has 0 amide bonds. The third-order valence-electron chi connectivity index (χ3n) is 4.15. The first kappa shape index (κ1) is 12.4. The lowest BCUT2D eigenvalue weighted by atomic mass is 10.0. The second kappa shape index (κ2) is 5.09. The van der Waals surface area contributed by atoms with Crippen LogP contribution in [0.4, 0.5) is 0 Å². The van der Waals surface area contributed by atoms with Crippen LogP contribution >= 0.6 is 0 Å². The average molecular weight is 233 g/mol. The number of rotatable bonds is 3. The molecule has 0 aromatic heterocycles. The third kappa shape index (κ3) is 2.63. The van der Waals surface area contributed by atoms with Crippen molar-refractivity contribution < 1.29 is 5.11 Å². The van der Waals surface area contributed by atoms with Crippen LogP contribution in [0.1, 0.15) is 49.8 Å². The molecule has 94 valence electrons. The van der Waals surface area contributed by atoms with Crippen molar-refractivity contribution in [3.05, 3.63) is 29.3 Å². The Balaban J connectivity index is 2.15. The summed E-state index contributed by atoms with van der Waals surface area (Å²) < 4.78 is 0. The number of phenolic OH excluding ortho intramolecular Hbond substituents is 1. The van der Waals surface area contributed by atoms with E-state index in [9.17, 15) is 5.11 Å². The molecule has 2 nitrogen and oxygen atoms in total. The van der Waals surface area contributed by atoms with Crippen molar-refractivity contribution in [2.45, 2.75) is 51.6 Å².